The molecule has 3 rings (SSSR count). The van der Waals surface area contributed by atoms with Crippen molar-refractivity contribution in [3.63, 3.8) is 0 Å². The molecule has 0 spiro atoms. The van der Waals surface area contributed by atoms with Gasteiger partial charge in [0.05, 0.1) is 6.61 Å². The molecule has 7 nitrogen and oxygen atoms in total. The van der Waals surface area contributed by atoms with Gasteiger partial charge in [-0.3, -0.25) is 4.79 Å². The van der Waals surface area contributed by atoms with Crippen molar-refractivity contribution in [2.45, 2.75) is 99.2 Å². The average molecular weight is 735 g/mol. The SMILES string of the molecule is CC(C)(OC(=O)NCCCCCCCCCCCC(=O)OC[C@@H](O)COC(c1ccccc1)(c1ccccc1)c1ccccc1)C(Cl)(Cl)Cl. The molecule has 0 aliphatic rings. The van der Waals surface area contributed by atoms with E-state index < -0.39 is 27.2 Å². The van der Waals surface area contributed by atoms with Crippen LogP contribution in [0, 0.1) is 0 Å². The van der Waals surface area contributed by atoms with E-state index in [1.165, 1.54) is 0 Å². The minimum atomic E-state index is -1.71. The predicted octanol–water partition coefficient (Wildman–Crippen LogP) is 9.68. The zero-order chi connectivity index (χ0) is 35.6. The summed E-state index contributed by atoms with van der Waals surface area (Å²) in [5.74, 6) is -0.312. The van der Waals surface area contributed by atoms with Crippen molar-refractivity contribution < 1.29 is 28.9 Å². The molecule has 3 aromatic rings. The van der Waals surface area contributed by atoms with Crippen LogP contribution in [0.15, 0.2) is 91.0 Å². The second-order valence-corrected chi connectivity index (χ2v) is 15.0. The fourth-order valence-corrected chi connectivity index (χ4v) is 5.56. The van der Waals surface area contributed by atoms with Crippen molar-refractivity contribution in [3.05, 3.63) is 108 Å². The Labute approximate surface area is 306 Å². The Bertz CT molecular complexity index is 1270. The van der Waals surface area contributed by atoms with Gasteiger partial charge < -0.3 is 24.6 Å². The third-order valence-electron chi connectivity index (χ3n) is 8.33. The standard InChI is InChI=1S/C39H50Cl3NO6/c1-37(2,39(40,41)42)49-36(46)43-28-20-9-7-5-3-4-6-8-19-27-35(45)47-29-34(44)30-48-38(31-21-13-10-14-22-31,32-23-15-11-16-24-32)33-25-17-12-18-26-33/h10-18,21-26,34,44H,3-9,19-20,27-30H2,1-2H3,(H,43,46)/t34-/m1/s1. The monoisotopic (exact) mass is 733 g/mol. The Morgan fingerprint density at radius 2 is 1.10 bits per heavy atom. The van der Waals surface area contributed by atoms with E-state index in [4.69, 9.17) is 49.0 Å². The van der Waals surface area contributed by atoms with E-state index in [1.807, 2.05) is 91.0 Å². The second-order valence-electron chi connectivity index (χ2n) is 12.7. The van der Waals surface area contributed by atoms with Gasteiger partial charge in [-0.15, -0.1) is 0 Å². The van der Waals surface area contributed by atoms with Crippen molar-refractivity contribution >= 4 is 46.9 Å². The number of rotatable bonds is 21. The summed E-state index contributed by atoms with van der Waals surface area (Å²) in [5, 5.41) is 13.5. The van der Waals surface area contributed by atoms with Crippen LogP contribution in [0.5, 0.6) is 0 Å². The maximum absolute atomic E-state index is 12.4. The summed E-state index contributed by atoms with van der Waals surface area (Å²) in [7, 11) is 0. The lowest BCUT2D eigenvalue weighted by Gasteiger charge is -2.36. The molecule has 0 radical (unpaired) electrons. The number of hydrogen-bond donors (Lipinski definition) is 2. The normalized spacial score (nSPS) is 12.7. The summed E-state index contributed by atoms with van der Waals surface area (Å²) < 4.78 is 15.5. The molecule has 0 unspecified atom stereocenters. The van der Waals surface area contributed by atoms with Crippen LogP contribution in [0.2, 0.25) is 0 Å². The highest BCUT2D eigenvalue weighted by atomic mass is 35.6. The fourth-order valence-electron chi connectivity index (χ4n) is 5.45. The number of aliphatic hydroxyl groups excluding tert-OH is 1. The Morgan fingerprint density at radius 1 is 0.673 bits per heavy atom. The number of nitrogens with one attached hydrogen (secondary N) is 1. The van der Waals surface area contributed by atoms with E-state index in [-0.39, 0.29) is 19.2 Å². The van der Waals surface area contributed by atoms with E-state index >= 15 is 0 Å². The first-order valence-corrected chi connectivity index (χ1v) is 18.3. The summed E-state index contributed by atoms with van der Waals surface area (Å²) in [6, 6.07) is 29.9. The molecule has 1 amide bonds. The van der Waals surface area contributed by atoms with Gasteiger partial charge in [-0.05, 0) is 43.4 Å². The van der Waals surface area contributed by atoms with Gasteiger partial charge in [0.2, 0.25) is 3.79 Å². The number of hydrogen-bond acceptors (Lipinski definition) is 6. The number of amides is 1. The fraction of sp³-hybridized carbons (Fsp3) is 0.487. The zero-order valence-corrected chi connectivity index (χ0v) is 30.8. The van der Waals surface area contributed by atoms with Crippen LogP contribution in [0.4, 0.5) is 4.79 Å². The lowest BCUT2D eigenvalue weighted by Crippen LogP contribution is -2.44. The molecule has 0 heterocycles. The van der Waals surface area contributed by atoms with Gasteiger partial charge >= 0.3 is 12.1 Å². The van der Waals surface area contributed by atoms with Crippen LogP contribution in [-0.4, -0.2) is 52.4 Å². The van der Waals surface area contributed by atoms with Crippen LogP contribution >= 0.6 is 34.8 Å². The number of alkyl carbamates (subject to hydrolysis) is 1. The first kappa shape index (κ1) is 40.6. The van der Waals surface area contributed by atoms with Crippen LogP contribution in [0.3, 0.4) is 0 Å². The highest BCUT2D eigenvalue weighted by molar-refractivity contribution is 6.68. The van der Waals surface area contributed by atoms with Crippen LogP contribution in [0.25, 0.3) is 0 Å². The largest absolute Gasteiger partial charge is 0.463 e. The predicted molar refractivity (Wildman–Crippen MR) is 197 cm³/mol. The molecular weight excluding hydrogens is 685 g/mol. The van der Waals surface area contributed by atoms with Gasteiger partial charge in [0, 0.05) is 13.0 Å². The number of aliphatic hydroxyl groups is 1. The quantitative estimate of drug-likeness (QED) is 0.0490. The summed E-state index contributed by atoms with van der Waals surface area (Å²) in [5.41, 5.74) is 0.631. The van der Waals surface area contributed by atoms with Crippen LogP contribution in [0.1, 0.15) is 94.7 Å². The van der Waals surface area contributed by atoms with Crippen molar-refractivity contribution in [3.8, 4) is 0 Å². The summed E-state index contributed by atoms with van der Waals surface area (Å²) in [4.78, 5) is 24.3. The van der Waals surface area contributed by atoms with Crippen molar-refractivity contribution in [1.82, 2.24) is 5.32 Å². The molecule has 1 atom stereocenters. The Morgan fingerprint density at radius 3 is 1.55 bits per heavy atom. The lowest BCUT2D eigenvalue weighted by atomic mass is 9.80. The number of halogens is 3. The molecule has 0 saturated carbocycles. The van der Waals surface area contributed by atoms with Crippen molar-refractivity contribution in [2.24, 2.45) is 0 Å². The summed E-state index contributed by atoms with van der Waals surface area (Å²) in [6.45, 7) is 3.45. The molecule has 0 saturated heterocycles. The third-order valence-corrected chi connectivity index (χ3v) is 9.69. The topological polar surface area (TPSA) is 94.1 Å². The third kappa shape index (κ3) is 13.4. The molecule has 10 heteroatoms. The summed E-state index contributed by atoms with van der Waals surface area (Å²) >= 11 is 17.5. The number of carbonyl (C=O) groups is 2. The highest BCUT2D eigenvalue weighted by Gasteiger charge is 2.44. The van der Waals surface area contributed by atoms with Gasteiger partial charge in [0.1, 0.15) is 18.3 Å². The van der Waals surface area contributed by atoms with Gasteiger partial charge in [-0.2, -0.15) is 0 Å². The van der Waals surface area contributed by atoms with E-state index in [1.54, 1.807) is 13.8 Å². The summed E-state index contributed by atoms with van der Waals surface area (Å²) in [6.07, 6.45) is 7.77. The molecular formula is C39H50Cl3NO6. The number of esters is 1. The molecule has 0 aliphatic heterocycles. The molecule has 2 N–H and O–H groups in total. The number of unbranched alkanes of at least 4 members (excludes halogenated alkanes) is 8. The molecule has 0 aliphatic carbocycles. The van der Waals surface area contributed by atoms with Crippen molar-refractivity contribution in [2.75, 3.05) is 19.8 Å². The minimum Gasteiger partial charge on any atom is -0.463 e. The number of ether oxygens (including phenoxy) is 3. The highest BCUT2D eigenvalue weighted by Crippen LogP contribution is 2.41. The van der Waals surface area contributed by atoms with E-state index in [0.29, 0.717) is 13.0 Å². The lowest BCUT2D eigenvalue weighted by molar-refractivity contribution is -0.149. The maximum Gasteiger partial charge on any atom is 0.407 e. The zero-order valence-electron chi connectivity index (χ0n) is 28.6. The van der Waals surface area contributed by atoms with E-state index in [0.717, 1.165) is 74.5 Å². The Hall–Kier alpha value is -2.81. The Kier molecular flexibility index (Phi) is 17.2. The number of alkyl halides is 3. The van der Waals surface area contributed by atoms with Gasteiger partial charge in [0.25, 0.3) is 0 Å². The van der Waals surface area contributed by atoms with Gasteiger partial charge in [0.15, 0.2) is 5.60 Å². The number of benzene rings is 3. The molecule has 3 aromatic carbocycles. The molecule has 0 bridgehead atoms. The van der Waals surface area contributed by atoms with Crippen LogP contribution < -0.4 is 5.32 Å². The number of carbonyl (C=O) groups excluding carboxylic acids is 2. The molecule has 268 valence electrons. The molecule has 0 fully saturated rings. The molecule has 0 aromatic heterocycles. The van der Waals surface area contributed by atoms with Gasteiger partial charge in [-0.25, -0.2) is 4.79 Å². The van der Waals surface area contributed by atoms with Crippen LogP contribution in [-0.2, 0) is 24.6 Å². The second kappa shape index (κ2) is 20.8. The Balaban J connectivity index is 1.29. The maximum atomic E-state index is 12.4. The minimum absolute atomic E-state index is 0.0222. The molecule has 49 heavy (non-hydrogen) atoms. The first-order chi connectivity index (χ1) is 23.5. The van der Waals surface area contributed by atoms with Gasteiger partial charge in [-0.1, -0.05) is 171 Å². The van der Waals surface area contributed by atoms with E-state index in [2.05, 4.69) is 5.32 Å². The average Bonchev–Trinajstić information content (AvgIpc) is 3.09. The van der Waals surface area contributed by atoms with E-state index in [9.17, 15) is 14.7 Å². The van der Waals surface area contributed by atoms with Crippen molar-refractivity contribution in [1.29, 1.82) is 0 Å². The first-order valence-electron chi connectivity index (χ1n) is 17.1. The smallest absolute Gasteiger partial charge is 0.407 e.